The molecule has 0 aromatic heterocycles. The summed E-state index contributed by atoms with van der Waals surface area (Å²) in [5, 5.41) is 12.2. The van der Waals surface area contributed by atoms with Crippen LogP contribution in [-0.4, -0.2) is 53.1 Å². The number of benzene rings is 2. The van der Waals surface area contributed by atoms with Crippen molar-refractivity contribution in [2.24, 2.45) is 11.7 Å². The Kier molecular flexibility index (Phi) is 8.10. The highest BCUT2D eigenvalue weighted by Crippen LogP contribution is 2.39. The number of halogens is 1. The van der Waals surface area contributed by atoms with E-state index >= 15 is 0 Å². The van der Waals surface area contributed by atoms with Crippen molar-refractivity contribution in [3.63, 3.8) is 0 Å². The van der Waals surface area contributed by atoms with Crippen LogP contribution in [0, 0.1) is 11.7 Å². The summed E-state index contributed by atoms with van der Waals surface area (Å²) >= 11 is 0. The van der Waals surface area contributed by atoms with Gasteiger partial charge in [-0.15, -0.1) is 0 Å². The van der Waals surface area contributed by atoms with E-state index in [9.17, 15) is 19.1 Å². The van der Waals surface area contributed by atoms with Crippen LogP contribution in [0.4, 0.5) is 14.9 Å². The minimum absolute atomic E-state index is 0.0670. The lowest BCUT2D eigenvalue weighted by atomic mass is 9.81. The average molecular weight is 496 g/mol. The van der Waals surface area contributed by atoms with Gasteiger partial charge in [-0.1, -0.05) is 37.1 Å². The van der Waals surface area contributed by atoms with Crippen molar-refractivity contribution in [3.05, 3.63) is 65.5 Å². The molecule has 194 valence electrons. The SMILES string of the molecule is CC(=O)c1cccc(N(C[C@](O)(CN2CCC(c3ccc(F)cc3)CC2C)C2CCCC2)C(N)=O)c1. The molecule has 4 rings (SSSR count). The number of likely N-dealkylation sites (tertiary alicyclic amines) is 1. The molecule has 3 atom stereocenters. The van der Waals surface area contributed by atoms with Crippen LogP contribution in [0.25, 0.3) is 0 Å². The first-order chi connectivity index (χ1) is 17.2. The molecule has 3 N–H and O–H groups in total. The second kappa shape index (κ2) is 11.1. The first-order valence-corrected chi connectivity index (χ1v) is 13.1. The fraction of sp³-hybridized carbons (Fsp3) is 0.517. The van der Waals surface area contributed by atoms with E-state index in [0.29, 0.717) is 23.7 Å². The molecule has 7 heteroatoms. The molecule has 1 saturated heterocycles. The third kappa shape index (κ3) is 5.95. The molecule has 6 nitrogen and oxygen atoms in total. The summed E-state index contributed by atoms with van der Waals surface area (Å²) in [6.07, 6.45) is 5.80. The van der Waals surface area contributed by atoms with Gasteiger partial charge in [-0.2, -0.15) is 0 Å². The maximum Gasteiger partial charge on any atom is 0.319 e. The zero-order valence-corrected chi connectivity index (χ0v) is 21.3. The number of rotatable bonds is 8. The van der Waals surface area contributed by atoms with Gasteiger partial charge in [0.15, 0.2) is 5.78 Å². The van der Waals surface area contributed by atoms with Crippen LogP contribution >= 0.6 is 0 Å². The zero-order valence-electron chi connectivity index (χ0n) is 21.3. The van der Waals surface area contributed by atoms with E-state index in [-0.39, 0.29) is 30.1 Å². The number of aliphatic hydroxyl groups is 1. The van der Waals surface area contributed by atoms with E-state index in [4.69, 9.17) is 5.73 Å². The predicted molar refractivity (Wildman–Crippen MR) is 140 cm³/mol. The molecule has 0 bridgehead atoms. The molecule has 36 heavy (non-hydrogen) atoms. The van der Waals surface area contributed by atoms with Crippen molar-refractivity contribution in [2.45, 2.75) is 69.9 Å². The Morgan fingerprint density at radius 1 is 1.14 bits per heavy atom. The summed E-state index contributed by atoms with van der Waals surface area (Å²) < 4.78 is 13.4. The number of ketones is 1. The lowest BCUT2D eigenvalue weighted by Crippen LogP contribution is -2.59. The highest BCUT2D eigenvalue weighted by Gasteiger charge is 2.43. The van der Waals surface area contributed by atoms with Crippen molar-refractivity contribution in [1.82, 2.24) is 4.90 Å². The number of carbonyl (C=O) groups excluding carboxylic acids is 2. The van der Waals surface area contributed by atoms with Crippen molar-refractivity contribution in [1.29, 1.82) is 0 Å². The quantitative estimate of drug-likeness (QED) is 0.499. The summed E-state index contributed by atoms with van der Waals surface area (Å²) in [6, 6.07) is 13.2. The van der Waals surface area contributed by atoms with Crippen molar-refractivity contribution >= 4 is 17.5 Å². The van der Waals surface area contributed by atoms with E-state index in [1.165, 1.54) is 24.0 Å². The largest absolute Gasteiger partial charge is 0.386 e. The van der Waals surface area contributed by atoms with E-state index < -0.39 is 11.6 Å². The zero-order chi connectivity index (χ0) is 25.9. The molecule has 2 amide bonds. The van der Waals surface area contributed by atoms with Crippen molar-refractivity contribution < 1.29 is 19.1 Å². The number of hydrogen-bond acceptors (Lipinski definition) is 4. The molecule has 1 saturated carbocycles. The van der Waals surface area contributed by atoms with E-state index in [1.54, 1.807) is 24.3 Å². The number of anilines is 1. The van der Waals surface area contributed by atoms with Crippen molar-refractivity contribution in [3.8, 4) is 0 Å². The molecular weight excluding hydrogens is 457 g/mol. The predicted octanol–water partition coefficient (Wildman–Crippen LogP) is 5.10. The topological polar surface area (TPSA) is 86.9 Å². The van der Waals surface area contributed by atoms with Gasteiger partial charge in [-0.25, -0.2) is 9.18 Å². The second-order valence-corrected chi connectivity index (χ2v) is 10.7. The normalized spacial score (nSPS) is 22.8. The summed E-state index contributed by atoms with van der Waals surface area (Å²) in [5.74, 6) is 0.106. The highest BCUT2D eigenvalue weighted by molar-refractivity contribution is 5.97. The van der Waals surface area contributed by atoms with Gasteiger partial charge < -0.3 is 10.8 Å². The number of urea groups is 1. The number of nitrogens with two attached hydrogens (primary N) is 1. The van der Waals surface area contributed by atoms with Crippen LogP contribution < -0.4 is 10.6 Å². The Bertz CT molecular complexity index is 1070. The number of hydrogen-bond donors (Lipinski definition) is 2. The lowest BCUT2D eigenvalue weighted by molar-refractivity contribution is -0.0508. The molecule has 0 radical (unpaired) electrons. The van der Waals surface area contributed by atoms with Crippen molar-refractivity contribution in [2.75, 3.05) is 24.5 Å². The smallest absolute Gasteiger partial charge is 0.319 e. The van der Waals surface area contributed by atoms with E-state index in [0.717, 1.165) is 50.6 Å². The maximum atomic E-state index is 13.4. The van der Waals surface area contributed by atoms with Gasteiger partial charge >= 0.3 is 6.03 Å². The maximum absolute atomic E-state index is 13.4. The molecule has 2 fully saturated rings. The number of carbonyl (C=O) groups is 2. The van der Waals surface area contributed by atoms with Crippen LogP contribution in [-0.2, 0) is 0 Å². The number of nitrogens with zero attached hydrogens (tertiary/aromatic N) is 2. The number of Topliss-reactive ketones (excluding diaryl/α,β-unsaturated/α-hetero) is 1. The monoisotopic (exact) mass is 495 g/mol. The molecule has 1 aliphatic carbocycles. The Labute approximate surface area is 213 Å². The van der Waals surface area contributed by atoms with E-state index in [1.807, 2.05) is 12.1 Å². The second-order valence-electron chi connectivity index (χ2n) is 10.7. The summed E-state index contributed by atoms with van der Waals surface area (Å²) in [6.45, 7) is 5.01. The molecule has 2 unspecified atom stereocenters. The van der Waals surface area contributed by atoms with Crippen LogP contribution in [0.15, 0.2) is 48.5 Å². The molecule has 1 aliphatic heterocycles. The highest BCUT2D eigenvalue weighted by atomic mass is 19.1. The number of amides is 2. The average Bonchev–Trinajstić information content (AvgIpc) is 3.40. The number of β-amino-alcohol motifs (C(OH)–C–C–N with tert-alkyl or cyclic N) is 1. The van der Waals surface area contributed by atoms with E-state index in [2.05, 4.69) is 11.8 Å². The minimum atomic E-state index is -1.13. The molecule has 2 aromatic carbocycles. The van der Waals surface area contributed by atoms with Gasteiger partial charge in [-0.3, -0.25) is 14.6 Å². The number of primary amides is 1. The lowest BCUT2D eigenvalue weighted by Gasteiger charge is -2.45. The van der Waals surface area contributed by atoms with Gasteiger partial charge in [0.25, 0.3) is 0 Å². The van der Waals surface area contributed by atoms with Crippen LogP contribution in [0.1, 0.15) is 74.2 Å². The standard InChI is InChI=1S/C29H38FN3O3/c1-20-16-24(22-10-12-26(30)13-11-22)14-15-32(20)18-29(36,25-7-3-4-8-25)19-33(28(31)35)27-9-5-6-23(17-27)21(2)34/h5-6,9-13,17,20,24-25,36H,3-4,7-8,14-16,18-19H2,1-2H3,(H2,31,35)/t20?,24?,29-/m1/s1. The van der Waals surface area contributed by atoms with Gasteiger partial charge in [0.2, 0.25) is 0 Å². The van der Waals surface area contributed by atoms with Gasteiger partial charge in [0.1, 0.15) is 5.82 Å². The molecular formula is C29H38FN3O3. The van der Waals surface area contributed by atoms with Crippen LogP contribution in [0.3, 0.4) is 0 Å². The Balaban J connectivity index is 1.53. The fourth-order valence-electron chi connectivity index (χ4n) is 6.08. The first-order valence-electron chi connectivity index (χ1n) is 13.1. The summed E-state index contributed by atoms with van der Waals surface area (Å²) in [4.78, 5) is 28.2. The molecule has 1 heterocycles. The molecule has 0 spiro atoms. The molecule has 2 aliphatic rings. The van der Waals surface area contributed by atoms with Crippen LogP contribution in [0.2, 0.25) is 0 Å². The van der Waals surface area contributed by atoms with Gasteiger partial charge in [-0.05, 0) is 87.7 Å². The summed E-state index contributed by atoms with van der Waals surface area (Å²) in [5.41, 5.74) is 6.85. The Hall–Kier alpha value is -2.77. The fourth-order valence-corrected chi connectivity index (χ4v) is 6.08. The Morgan fingerprint density at radius 2 is 1.83 bits per heavy atom. The first kappa shape index (κ1) is 26.3. The molecule has 2 aromatic rings. The Morgan fingerprint density at radius 3 is 2.44 bits per heavy atom. The minimum Gasteiger partial charge on any atom is -0.386 e. The third-order valence-electron chi connectivity index (χ3n) is 8.21. The third-order valence-corrected chi connectivity index (χ3v) is 8.21. The van der Waals surface area contributed by atoms with Crippen LogP contribution in [0.5, 0.6) is 0 Å². The summed E-state index contributed by atoms with van der Waals surface area (Å²) in [7, 11) is 0. The van der Waals surface area contributed by atoms with Gasteiger partial charge in [0, 0.05) is 23.8 Å². The number of piperidine rings is 1. The van der Waals surface area contributed by atoms with Gasteiger partial charge in [0.05, 0.1) is 12.1 Å².